The highest BCUT2D eigenvalue weighted by Crippen LogP contribution is 2.13. The molecular formula is C13H17F3N2O2. The Morgan fingerprint density at radius 1 is 1.20 bits per heavy atom. The molecule has 0 aromatic heterocycles. The van der Waals surface area contributed by atoms with E-state index in [4.69, 9.17) is 4.74 Å². The first-order chi connectivity index (χ1) is 9.54. The van der Waals surface area contributed by atoms with E-state index in [2.05, 4.69) is 10.6 Å². The number of hydrogen-bond donors (Lipinski definition) is 2. The Morgan fingerprint density at radius 2 is 1.85 bits per heavy atom. The van der Waals surface area contributed by atoms with E-state index in [1.165, 1.54) is 7.11 Å². The Hall–Kier alpha value is -1.60. The van der Waals surface area contributed by atoms with Crippen molar-refractivity contribution in [2.45, 2.75) is 13.0 Å². The van der Waals surface area contributed by atoms with Crippen LogP contribution in [0, 0.1) is 17.5 Å². The Morgan fingerprint density at radius 3 is 2.45 bits per heavy atom. The average molecular weight is 290 g/mol. The molecule has 1 rings (SSSR count). The molecule has 2 N–H and O–H groups in total. The van der Waals surface area contributed by atoms with Crippen LogP contribution in [0.15, 0.2) is 12.1 Å². The third-order valence-electron chi connectivity index (χ3n) is 2.53. The van der Waals surface area contributed by atoms with Crippen LogP contribution in [0.1, 0.15) is 12.0 Å². The normalized spacial score (nSPS) is 10.6. The van der Waals surface area contributed by atoms with Crippen molar-refractivity contribution in [2.75, 3.05) is 26.8 Å². The van der Waals surface area contributed by atoms with Crippen molar-refractivity contribution in [3.05, 3.63) is 35.1 Å². The fourth-order valence-electron chi connectivity index (χ4n) is 1.53. The smallest absolute Gasteiger partial charge is 0.221 e. The molecule has 0 atom stereocenters. The summed E-state index contributed by atoms with van der Waals surface area (Å²) in [6.45, 7) is 1.37. The topological polar surface area (TPSA) is 50.4 Å². The van der Waals surface area contributed by atoms with Gasteiger partial charge in [-0.15, -0.1) is 0 Å². The van der Waals surface area contributed by atoms with Gasteiger partial charge < -0.3 is 15.4 Å². The number of nitrogens with one attached hydrogen (secondary N) is 2. The monoisotopic (exact) mass is 290 g/mol. The standard InChI is InChI=1S/C13H17F3N2O2/c1-20-5-4-18-12(19)2-3-17-8-9-6-10(14)13(16)11(15)7-9/h6-7,17H,2-5,8H2,1H3,(H,18,19). The van der Waals surface area contributed by atoms with Crippen molar-refractivity contribution >= 4 is 5.91 Å². The maximum Gasteiger partial charge on any atom is 0.221 e. The zero-order valence-electron chi connectivity index (χ0n) is 11.1. The molecule has 0 aliphatic rings. The Labute approximate surface area is 115 Å². The van der Waals surface area contributed by atoms with E-state index < -0.39 is 17.5 Å². The Kier molecular flexibility index (Phi) is 7.03. The Bertz CT molecular complexity index is 432. The van der Waals surface area contributed by atoms with Gasteiger partial charge in [0.1, 0.15) is 0 Å². The highest BCUT2D eigenvalue weighted by atomic mass is 19.2. The van der Waals surface area contributed by atoms with Crippen LogP contribution < -0.4 is 10.6 Å². The van der Waals surface area contributed by atoms with E-state index in [0.717, 1.165) is 12.1 Å². The van der Waals surface area contributed by atoms with Crippen LogP contribution >= 0.6 is 0 Å². The number of carbonyl (C=O) groups excluding carboxylic acids is 1. The van der Waals surface area contributed by atoms with Gasteiger partial charge >= 0.3 is 0 Å². The number of halogens is 3. The molecule has 0 saturated carbocycles. The van der Waals surface area contributed by atoms with Gasteiger partial charge in [-0.3, -0.25) is 4.79 Å². The number of amides is 1. The lowest BCUT2D eigenvalue weighted by Crippen LogP contribution is -2.30. The summed E-state index contributed by atoms with van der Waals surface area (Å²) in [4.78, 5) is 11.3. The molecule has 7 heteroatoms. The summed E-state index contributed by atoms with van der Waals surface area (Å²) in [5.41, 5.74) is 0.279. The highest BCUT2D eigenvalue weighted by Gasteiger charge is 2.10. The van der Waals surface area contributed by atoms with E-state index in [1.54, 1.807) is 0 Å². The molecule has 0 bridgehead atoms. The van der Waals surface area contributed by atoms with Crippen LogP contribution in [0.25, 0.3) is 0 Å². The summed E-state index contributed by atoms with van der Waals surface area (Å²) in [7, 11) is 1.54. The van der Waals surface area contributed by atoms with Crippen molar-refractivity contribution in [1.82, 2.24) is 10.6 Å². The van der Waals surface area contributed by atoms with Crippen molar-refractivity contribution in [1.29, 1.82) is 0 Å². The van der Waals surface area contributed by atoms with Gasteiger partial charge in [-0.1, -0.05) is 0 Å². The lowest BCUT2D eigenvalue weighted by atomic mass is 10.2. The molecule has 4 nitrogen and oxygen atoms in total. The first kappa shape index (κ1) is 16.5. The van der Waals surface area contributed by atoms with E-state index in [9.17, 15) is 18.0 Å². The first-order valence-corrected chi connectivity index (χ1v) is 6.14. The summed E-state index contributed by atoms with van der Waals surface area (Å²) < 4.78 is 43.4. The molecule has 1 aromatic carbocycles. The number of hydrogen-bond acceptors (Lipinski definition) is 3. The molecule has 1 amide bonds. The number of ether oxygens (including phenoxy) is 1. The molecular weight excluding hydrogens is 273 g/mol. The molecule has 0 aliphatic heterocycles. The van der Waals surface area contributed by atoms with Gasteiger partial charge in [0.05, 0.1) is 6.61 Å². The maximum absolute atomic E-state index is 12.9. The summed E-state index contributed by atoms with van der Waals surface area (Å²) in [6.07, 6.45) is 0.232. The lowest BCUT2D eigenvalue weighted by molar-refractivity contribution is -0.121. The largest absolute Gasteiger partial charge is 0.383 e. The van der Waals surface area contributed by atoms with Gasteiger partial charge in [-0.25, -0.2) is 13.2 Å². The molecule has 1 aromatic rings. The first-order valence-electron chi connectivity index (χ1n) is 6.14. The molecule has 0 unspecified atom stereocenters. The molecule has 0 fully saturated rings. The fourth-order valence-corrected chi connectivity index (χ4v) is 1.53. The third-order valence-corrected chi connectivity index (χ3v) is 2.53. The molecule has 20 heavy (non-hydrogen) atoms. The van der Waals surface area contributed by atoms with E-state index >= 15 is 0 Å². The van der Waals surface area contributed by atoms with Crippen LogP contribution in [-0.2, 0) is 16.1 Å². The molecule has 112 valence electrons. The van der Waals surface area contributed by atoms with Crippen LogP contribution in [-0.4, -0.2) is 32.7 Å². The van der Waals surface area contributed by atoms with E-state index in [1.807, 2.05) is 0 Å². The van der Waals surface area contributed by atoms with E-state index in [0.29, 0.717) is 19.7 Å². The fraction of sp³-hybridized carbons (Fsp3) is 0.462. The number of carbonyl (C=O) groups is 1. The van der Waals surface area contributed by atoms with Gasteiger partial charge in [-0.05, 0) is 17.7 Å². The number of methoxy groups -OCH3 is 1. The van der Waals surface area contributed by atoms with Crippen LogP contribution in [0.3, 0.4) is 0 Å². The van der Waals surface area contributed by atoms with Crippen molar-refractivity contribution in [2.24, 2.45) is 0 Å². The number of rotatable bonds is 8. The SMILES string of the molecule is COCCNC(=O)CCNCc1cc(F)c(F)c(F)c1. The third kappa shape index (κ3) is 5.58. The minimum atomic E-state index is -1.48. The second-order valence-corrected chi connectivity index (χ2v) is 4.14. The quantitative estimate of drug-likeness (QED) is 0.561. The van der Waals surface area contributed by atoms with Crippen LogP contribution in [0.4, 0.5) is 13.2 Å². The summed E-state index contributed by atoms with van der Waals surface area (Å²) in [6, 6.07) is 1.84. The molecule has 0 heterocycles. The molecule has 0 radical (unpaired) electrons. The average Bonchev–Trinajstić information content (AvgIpc) is 2.41. The predicted octanol–water partition coefficient (Wildman–Crippen LogP) is 1.35. The summed E-state index contributed by atoms with van der Waals surface area (Å²) >= 11 is 0. The van der Waals surface area contributed by atoms with Gasteiger partial charge in [0.15, 0.2) is 17.5 Å². The predicted molar refractivity (Wildman–Crippen MR) is 67.5 cm³/mol. The van der Waals surface area contributed by atoms with Crippen molar-refractivity contribution < 1.29 is 22.7 Å². The second-order valence-electron chi connectivity index (χ2n) is 4.14. The Balaban J connectivity index is 2.26. The number of benzene rings is 1. The van der Waals surface area contributed by atoms with Crippen LogP contribution in [0.5, 0.6) is 0 Å². The minimum absolute atomic E-state index is 0.147. The second kappa shape index (κ2) is 8.55. The lowest BCUT2D eigenvalue weighted by Gasteiger charge is -2.07. The van der Waals surface area contributed by atoms with Crippen molar-refractivity contribution in [3.8, 4) is 0 Å². The summed E-state index contributed by atoms with van der Waals surface area (Å²) in [5, 5.41) is 5.48. The van der Waals surface area contributed by atoms with Gasteiger partial charge in [-0.2, -0.15) is 0 Å². The summed E-state index contributed by atoms with van der Waals surface area (Å²) in [5.74, 6) is -4.07. The van der Waals surface area contributed by atoms with Gasteiger partial charge in [0.2, 0.25) is 5.91 Å². The van der Waals surface area contributed by atoms with E-state index in [-0.39, 0.29) is 24.4 Å². The van der Waals surface area contributed by atoms with Gasteiger partial charge in [0.25, 0.3) is 0 Å². The maximum atomic E-state index is 12.9. The van der Waals surface area contributed by atoms with Crippen molar-refractivity contribution in [3.63, 3.8) is 0 Å². The zero-order chi connectivity index (χ0) is 15.0. The molecule has 0 aliphatic carbocycles. The highest BCUT2D eigenvalue weighted by molar-refractivity contribution is 5.75. The van der Waals surface area contributed by atoms with Crippen LogP contribution in [0.2, 0.25) is 0 Å². The molecule has 0 saturated heterocycles. The van der Waals surface area contributed by atoms with Gasteiger partial charge in [0, 0.05) is 33.2 Å². The molecule has 0 spiro atoms. The zero-order valence-corrected chi connectivity index (χ0v) is 11.1. The minimum Gasteiger partial charge on any atom is -0.383 e.